The minimum absolute atomic E-state index is 0.0471. The van der Waals surface area contributed by atoms with Crippen LogP contribution in [-0.4, -0.2) is 32.1 Å². The minimum atomic E-state index is -0.102. The maximum absolute atomic E-state index is 11.8. The highest BCUT2D eigenvalue weighted by Gasteiger charge is 2.18. The summed E-state index contributed by atoms with van der Waals surface area (Å²) in [6.45, 7) is 5.71. The highest BCUT2D eigenvalue weighted by atomic mass is 16.7. The fraction of sp³-hybridized carbons (Fsp3) is 0.933. The minimum Gasteiger partial charge on any atom is -0.463 e. The van der Waals surface area contributed by atoms with Crippen LogP contribution in [0.3, 0.4) is 0 Å². The van der Waals surface area contributed by atoms with E-state index in [1.54, 1.807) is 0 Å². The van der Waals surface area contributed by atoms with Crippen molar-refractivity contribution in [3.63, 3.8) is 0 Å². The number of carbonyl (C=O) groups excluding carboxylic acids is 1. The van der Waals surface area contributed by atoms with Crippen LogP contribution in [0.2, 0.25) is 0 Å². The van der Waals surface area contributed by atoms with E-state index in [4.69, 9.17) is 14.2 Å². The van der Waals surface area contributed by atoms with Gasteiger partial charge in [-0.15, -0.1) is 0 Å². The molecule has 0 aromatic rings. The molecule has 0 bridgehead atoms. The Morgan fingerprint density at radius 2 is 2.16 bits per heavy atom. The van der Waals surface area contributed by atoms with Gasteiger partial charge in [-0.05, 0) is 32.1 Å². The summed E-state index contributed by atoms with van der Waals surface area (Å²) in [5, 5.41) is 0. The fourth-order valence-electron chi connectivity index (χ4n) is 2.22. The first-order chi connectivity index (χ1) is 9.27. The van der Waals surface area contributed by atoms with Crippen molar-refractivity contribution >= 4 is 5.97 Å². The summed E-state index contributed by atoms with van der Waals surface area (Å²) in [4.78, 5) is 11.8. The molecule has 1 rings (SSSR count). The van der Waals surface area contributed by atoms with E-state index < -0.39 is 0 Å². The lowest BCUT2D eigenvalue weighted by molar-refractivity contribution is -0.175. The van der Waals surface area contributed by atoms with Crippen LogP contribution in [0.4, 0.5) is 0 Å². The molecule has 0 N–H and O–H groups in total. The first kappa shape index (κ1) is 16.4. The van der Waals surface area contributed by atoms with Crippen molar-refractivity contribution in [2.75, 3.05) is 19.8 Å². The highest BCUT2D eigenvalue weighted by molar-refractivity contribution is 5.72. The zero-order valence-corrected chi connectivity index (χ0v) is 12.4. The summed E-state index contributed by atoms with van der Waals surface area (Å²) < 4.78 is 16.2. The van der Waals surface area contributed by atoms with E-state index in [1.807, 2.05) is 6.92 Å². The molecule has 0 aromatic heterocycles. The Kier molecular flexibility index (Phi) is 8.84. The summed E-state index contributed by atoms with van der Waals surface area (Å²) in [5.74, 6) is -0.0324. The molecule has 2 atom stereocenters. The van der Waals surface area contributed by atoms with E-state index in [0.717, 1.165) is 51.6 Å². The van der Waals surface area contributed by atoms with Crippen LogP contribution >= 0.6 is 0 Å². The third kappa shape index (κ3) is 6.92. The topological polar surface area (TPSA) is 44.8 Å². The van der Waals surface area contributed by atoms with Gasteiger partial charge >= 0.3 is 5.97 Å². The molecule has 1 aliphatic rings. The quantitative estimate of drug-likeness (QED) is 0.477. The lowest BCUT2D eigenvalue weighted by Crippen LogP contribution is -2.25. The van der Waals surface area contributed by atoms with Crippen LogP contribution in [0.5, 0.6) is 0 Å². The predicted octanol–water partition coefficient (Wildman–Crippen LogP) is 3.29. The van der Waals surface area contributed by atoms with Crippen molar-refractivity contribution in [3.05, 3.63) is 0 Å². The largest absolute Gasteiger partial charge is 0.463 e. The van der Waals surface area contributed by atoms with Crippen LogP contribution in [0.1, 0.15) is 58.8 Å². The Labute approximate surface area is 116 Å². The fourth-order valence-corrected chi connectivity index (χ4v) is 2.22. The van der Waals surface area contributed by atoms with E-state index in [1.165, 1.54) is 0 Å². The molecule has 1 heterocycles. The van der Waals surface area contributed by atoms with E-state index in [-0.39, 0.29) is 18.2 Å². The van der Waals surface area contributed by atoms with E-state index in [0.29, 0.717) is 13.2 Å². The molecule has 1 saturated heterocycles. The predicted molar refractivity (Wildman–Crippen MR) is 73.8 cm³/mol. The zero-order chi connectivity index (χ0) is 13.9. The number of rotatable bonds is 9. The number of hydrogen-bond donors (Lipinski definition) is 0. The van der Waals surface area contributed by atoms with Crippen LogP contribution < -0.4 is 0 Å². The molecule has 2 unspecified atom stereocenters. The van der Waals surface area contributed by atoms with Gasteiger partial charge in [0.05, 0.1) is 12.5 Å². The molecule has 0 aliphatic carbocycles. The Balaban J connectivity index is 2.07. The number of ether oxygens (including phenoxy) is 3. The molecule has 0 aromatic carbocycles. The molecule has 4 nitrogen and oxygen atoms in total. The smallest absolute Gasteiger partial charge is 0.308 e. The third-order valence-corrected chi connectivity index (χ3v) is 3.50. The Bertz CT molecular complexity index is 236. The van der Waals surface area contributed by atoms with Crippen molar-refractivity contribution in [2.24, 2.45) is 5.92 Å². The monoisotopic (exact) mass is 272 g/mol. The van der Waals surface area contributed by atoms with Crippen molar-refractivity contribution < 1.29 is 19.0 Å². The summed E-state index contributed by atoms with van der Waals surface area (Å²) >= 11 is 0. The van der Waals surface area contributed by atoms with Gasteiger partial charge in [-0.2, -0.15) is 0 Å². The van der Waals surface area contributed by atoms with Gasteiger partial charge in [0.15, 0.2) is 6.29 Å². The second-order valence-electron chi connectivity index (χ2n) is 5.08. The van der Waals surface area contributed by atoms with E-state index in [9.17, 15) is 4.79 Å². The molecule has 0 radical (unpaired) electrons. The molecule has 0 saturated carbocycles. The second-order valence-corrected chi connectivity index (χ2v) is 5.08. The molecule has 19 heavy (non-hydrogen) atoms. The van der Waals surface area contributed by atoms with Gasteiger partial charge in [-0.25, -0.2) is 0 Å². The summed E-state index contributed by atoms with van der Waals surface area (Å²) in [7, 11) is 0. The maximum Gasteiger partial charge on any atom is 0.308 e. The van der Waals surface area contributed by atoms with Gasteiger partial charge in [0.2, 0.25) is 0 Å². The zero-order valence-electron chi connectivity index (χ0n) is 12.4. The average Bonchev–Trinajstić information content (AvgIpc) is 2.45. The summed E-state index contributed by atoms with van der Waals surface area (Å²) in [6.07, 6.45) is 7.09. The molecule has 1 fully saturated rings. The normalized spacial score (nSPS) is 21.1. The standard InChI is InChI=1S/C15H28O4/c1-3-5-8-13(4-2)15(16)19-12-11-18-14-9-6-7-10-17-14/h13-14H,3-12H2,1-2H3. The van der Waals surface area contributed by atoms with Crippen LogP contribution in [0.15, 0.2) is 0 Å². The molecule has 1 aliphatic heterocycles. The van der Waals surface area contributed by atoms with Gasteiger partial charge in [0.1, 0.15) is 6.61 Å². The first-order valence-electron chi connectivity index (χ1n) is 7.67. The van der Waals surface area contributed by atoms with Crippen molar-refractivity contribution in [3.8, 4) is 0 Å². The molecule has 112 valence electrons. The van der Waals surface area contributed by atoms with Gasteiger partial charge in [0, 0.05) is 6.61 Å². The van der Waals surface area contributed by atoms with Gasteiger partial charge < -0.3 is 14.2 Å². The van der Waals surface area contributed by atoms with Crippen LogP contribution in [0.25, 0.3) is 0 Å². The lowest BCUT2D eigenvalue weighted by atomic mass is 10.00. The van der Waals surface area contributed by atoms with E-state index in [2.05, 4.69) is 6.92 Å². The number of unbranched alkanes of at least 4 members (excludes halogenated alkanes) is 1. The molecule has 0 spiro atoms. The first-order valence-corrected chi connectivity index (χ1v) is 7.67. The van der Waals surface area contributed by atoms with Gasteiger partial charge in [-0.1, -0.05) is 26.7 Å². The van der Waals surface area contributed by atoms with Crippen LogP contribution in [0, 0.1) is 5.92 Å². The Hall–Kier alpha value is -0.610. The SMILES string of the molecule is CCCCC(CC)C(=O)OCCOC1CCCCO1. The van der Waals surface area contributed by atoms with E-state index >= 15 is 0 Å². The molecular formula is C15H28O4. The van der Waals surface area contributed by atoms with Crippen LogP contribution in [-0.2, 0) is 19.0 Å². The number of carbonyl (C=O) groups is 1. The Morgan fingerprint density at radius 3 is 2.79 bits per heavy atom. The lowest BCUT2D eigenvalue weighted by Gasteiger charge is -2.22. The van der Waals surface area contributed by atoms with Gasteiger partial charge in [-0.3, -0.25) is 4.79 Å². The highest BCUT2D eigenvalue weighted by Crippen LogP contribution is 2.15. The van der Waals surface area contributed by atoms with Gasteiger partial charge in [0.25, 0.3) is 0 Å². The van der Waals surface area contributed by atoms with Crippen molar-refractivity contribution in [1.82, 2.24) is 0 Å². The second kappa shape index (κ2) is 10.2. The third-order valence-electron chi connectivity index (χ3n) is 3.50. The maximum atomic E-state index is 11.8. The van der Waals surface area contributed by atoms with Crippen molar-refractivity contribution in [1.29, 1.82) is 0 Å². The molecule has 4 heteroatoms. The summed E-state index contributed by atoms with van der Waals surface area (Å²) in [6, 6.07) is 0. The number of hydrogen-bond acceptors (Lipinski definition) is 4. The molecular weight excluding hydrogens is 244 g/mol. The average molecular weight is 272 g/mol. The number of esters is 1. The Morgan fingerprint density at radius 1 is 1.32 bits per heavy atom. The molecule has 0 amide bonds. The van der Waals surface area contributed by atoms with Crippen molar-refractivity contribution in [2.45, 2.75) is 65.1 Å². The summed E-state index contributed by atoms with van der Waals surface area (Å²) in [5.41, 5.74) is 0.